The van der Waals surface area contributed by atoms with E-state index in [0.29, 0.717) is 5.82 Å². The maximum Gasteiger partial charge on any atom is 0.184 e. The highest BCUT2D eigenvalue weighted by Gasteiger charge is 2.26. The fourth-order valence-electron chi connectivity index (χ4n) is 8.71. The van der Waals surface area contributed by atoms with Crippen LogP contribution in [0.2, 0.25) is 0 Å². The standard InChI is InChI=1S/C47H27N5/c1-2-15-30-28(12-1)13-9-21-35(30)45-47-49-46(50-52(47)39-24-8-6-22-37(39)48-45)36-18-5-7-23-38(36)51-40-25-11-20-34-32-17-4-3-16-31(32)33-19-10-14-29-26-27-41(51)44(42(29)33)43(34)40/h1-27H. The summed E-state index contributed by atoms with van der Waals surface area (Å²) in [6.45, 7) is 0. The molecule has 0 aliphatic heterocycles. The maximum atomic E-state index is 5.35. The maximum absolute atomic E-state index is 5.35. The molecule has 0 atom stereocenters. The Bertz CT molecular complexity index is 3310. The molecule has 5 heteroatoms. The first-order chi connectivity index (χ1) is 25.8. The van der Waals surface area contributed by atoms with Crippen LogP contribution in [-0.4, -0.2) is 24.1 Å². The molecule has 52 heavy (non-hydrogen) atoms. The summed E-state index contributed by atoms with van der Waals surface area (Å²) in [4.78, 5) is 10.6. The fourth-order valence-corrected chi connectivity index (χ4v) is 8.71. The number of aromatic nitrogens is 5. The van der Waals surface area contributed by atoms with E-state index in [1.54, 1.807) is 0 Å². The molecule has 1 aliphatic carbocycles. The second kappa shape index (κ2) is 10.2. The summed E-state index contributed by atoms with van der Waals surface area (Å²) in [6.07, 6.45) is 0. The first kappa shape index (κ1) is 27.7. The van der Waals surface area contributed by atoms with Crippen LogP contribution in [0.25, 0.3) is 111 Å². The van der Waals surface area contributed by atoms with Gasteiger partial charge in [-0.3, -0.25) is 0 Å². The molecule has 0 unspecified atom stereocenters. The van der Waals surface area contributed by atoms with Crippen molar-refractivity contribution >= 4 is 60.0 Å². The van der Waals surface area contributed by atoms with Gasteiger partial charge in [0, 0.05) is 21.9 Å². The number of hydrogen-bond donors (Lipinski definition) is 0. The van der Waals surface area contributed by atoms with Gasteiger partial charge in [-0.05, 0) is 80.2 Å². The topological polar surface area (TPSA) is 48.0 Å². The lowest BCUT2D eigenvalue weighted by Gasteiger charge is -2.15. The van der Waals surface area contributed by atoms with Crippen LogP contribution in [0.4, 0.5) is 0 Å². The zero-order chi connectivity index (χ0) is 33.9. The Labute approximate surface area is 297 Å². The van der Waals surface area contributed by atoms with Gasteiger partial charge in [0.25, 0.3) is 0 Å². The van der Waals surface area contributed by atoms with Gasteiger partial charge in [-0.15, -0.1) is 5.10 Å². The Morgan fingerprint density at radius 3 is 1.88 bits per heavy atom. The minimum Gasteiger partial charge on any atom is -0.308 e. The Morgan fingerprint density at radius 1 is 0.385 bits per heavy atom. The van der Waals surface area contributed by atoms with E-state index in [0.717, 1.165) is 61.0 Å². The van der Waals surface area contributed by atoms with E-state index in [9.17, 15) is 0 Å². The Balaban J connectivity index is 1.18. The van der Waals surface area contributed by atoms with Gasteiger partial charge in [0.05, 0.1) is 27.8 Å². The van der Waals surface area contributed by atoms with Crippen LogP contribution in [0.5, 0.6) is 0 Å². The summed E-state index contributed by atoms with van der Waals surface area (Å²) in [5.41, 5.74) is 13.7. The number of fused-ring (bicyclic) bond motifs is 7. The van der Waals surface area contributed by atoms with Crippen LogP contribution in [0.15, 0.2) is 164 Å². The van der Waals surface area contributed by atoms with Gasteiger partial charge in [0.2, 0.25) is 0 Å². The molecule has 0 saturated carbocycles. The van der Waals surface area contributed by atoms with Crippen LogP contribution >= 0.6 is 0 Å². The van der Waals surface area contributed by atoms with E-state index in [-0.39, 0.29) is 0 Å². The largest absolute Gasteiger partial charge is 0.308 e. The highest BCUT2D eigenvalue weighted by molar-refractivity contribution is 6.30. The monoisotopic (exact) mass is 661 g/mol. The van der Waals surface area contributed by atoms with Crippen LogP contribution in [-0.2, 0) is 0 Å². The molecule has 0 bridgehead atoms. The Kier molecular flexibility index (Phi) is 5.44. The minimum absolute atomic E-state index is 0.653. The van der Waals surface area contributed by atoms with Gasteiger partial charge in [-0.25, -0.2) is 14.5 Å². The zero-order valence-corrected chi connectivity index (χ0v) is 27.8. The number of rotatable bonds is 3. The molecule has 0 fully saturated rings. The van der Waals surface area contributed by atoms with Crippen molar-refractivity contribution in [2.45, 2.75) is 0 Å². The van der Waals surface area contributed by atoms with E-state index < -0.39 is 0 Å². The molecule has 0 N–H and O–H groups in total. The van der Waals surface area contributed by atoms with E-state index >= 15 is 0 Å². The predicted molar refractivity (Wildman–Crippen MR) is 213 cm³/mol. The molecule has 0 spiro atoms. The van der Waals surface area contributed by atoms with Crippen LogP contribution in [0, 0.1) is 0 Å². The number of benzene rings is 8. The van der Waals surface area contributed by atoms with E-state index in [1.807, 2.05) is 16.6 Å². The van der Waals surface area contributed by atoms with Crippen molar-refractivity contribution in [1.29, 1.82) is 0 Å². The van der Waals surface area contributed by atoms with Crippen LogP contribution in [0.3, 0.4) is 0 Å². The summed E-state index contributed by atoms with van der Waals surface area (Å²) in [7, 11) is 0. The zero-order valence-electron chi connectivity index (χ0n) is 27.8. The van der Waals surface area contributed by atoms with Crippen LogP contribution in [0.1, 0.15) is 0 Å². The van der Waals surface area contributed by atoms with Gasteiger partial charge in [0.1, 0.15) is 5.69 Å². The lowest BCUT2D eigenvalue weighted by Crippen LogP contribution is -1.99. The molecule has 1 aliphatic rings. The summed E-state index contributed by atoms with van der Waals surface area (Å²) < 4.78 is 4.39. The van der Waals surface area contributed by atoms with Crippen molar-refractivity contribution < 1.29 is 0 Å². The number of hydrogen-bond acceptors (Lipinski definition) is 3. The second-order valence-corrected chi connectivity index (χ2v) is 13.6. The average molecular weight is 662 g/mol. The van der Waals surface area contributed by atoms with Gasteiger partial charge < -0.3 is 4.57 Å². The second-order valence-electron chi connectivity index (χ2n) is 13.6. The van der Waals surface area contributed by atoms with Gasteiger partial charge in [0.15, 0.2) is 11.5 Å². The quantitative estimate of drug-likeness (QED) is 0.189. The van der Waals surface area contributed by atoms with Crippen molar-refractivity contribution in [3.63, 3.8) is 0 Å². The van der Waals surface area contributed by atoms with Crippen molar-refractivity contribution in [1.82, 2.24) is 24.1 Å². The SMILES string of the molecule is c1ccc2c(c1)-c1cccc3ccc4c(c13)c1c-2cccc1n4-c1ccccc1-c1nc2c(-c3cccc4ccccc34)nc3ccccc3n2n1. The summed E-state index contributed by atoms with van der Waals surface area (Å²) >= 11 is 0. The first-order valence-corrected chi connectivity index (χ1v) is 17.6. The number of nitrogens with zero attached hydrogens (tertiary/aromatic N) is 5. The molecule has 3 heterocycles. The minimum atomic E-state index is 0.653. The molecule has 11 aromatic rings. The van der Waals surface area contributed by atoms with Crippen molar-refractivity contribution in [2.24, 2.45) is 0 Å². The molecule has 0 amide bonds. The molecule has 8 aromatic carbocycles. The summed E-state index contributed by atoms with van der Waals surface area (Å²) in [6, 6.07) is 58.3. The number of para-hydroxylation sites is 3. The first-order valence-electron chi connectivity index (χ1n) is 17.6. The molecule has 240 valence electrons. The molecular weight excluding hydrogens is 635 g/mol. The summed E-state index contributed by atoms with van der Waals surface area (Å²) in [5.74, 6) is 0.653. The van der Waals surface area contributed by atoms with E-state index in [2.05, 4.69) is 156 Å². The van der Waals surface area contributed by atoms with Gasteiger partial charge in [-0.2, -0.15) is 0 Å². The Hall–Kier alpha value is -7.11. The third-order valence-corrected chi connectivity index (χ3v) is 10.9. The van der Waals surface area contributed by atoms with Crippen molar-refractivity contribution in [3.8, 4) is 50.6 Å². The average Bonchev–Trinajstić information content (AvgIpc) is 3.77. The van der Waals surface area contributed by atoms with E-state index in [1.165, 1.54) is 43.8 Å². The molecule has 0 radical (unpaired) electrons. The molecule has 3 aromatic heterocycles. The Morgan fingerprint density at radius 2 is 1.00 bits per heavy atom. The molecular formula is C47H27N5. The fraction of sp³-hybridized carbons (Fsp3) is 0. The molecule has 0 saturated heterocycles. The van der Waals surface area contributed by atoms with E-state index in [4.69, 9.17) is 15.1 Å². The third kappa shape index (κ3) is 3.64. The van der Waals surface area contributed by atoms with Crippen LogP contribution < -0.4 is 0 Å². The predicted octanol–water partition coefficient (Wildman–Crippen LogP) is 11.7. The lowest BCUT2D eigenvalue weighted by atomic mass is 9.93. The highest BCUT2D eigenvalue weighted by atomic mass is 15.3. The highest BCUT2D eigenvalue weighted by Crippen LogP contribution is 2.50. The molecule has 12 rings (SSSR count). The normalized spacial score (nSPS) is 12.2. The van der Waals surface area contributed by atoms with Gasteiger partial charge >= 0.3 is 0 Å². The lowest BCUT2D eigenvalue weighted by molar-refractivity contribution is 0.999. The third-order valence-electron chi connectivity index (χ3n) is 10.9. The van der Waals surface area contributed by atoms with Crippen molar-refractivity contribution in [3.05, 3.63) is 164 Å². The van der Waals surface area contributed by atoms with Gasteiger partial charge in [-0.1, -0.05) is 127 Å². The molecule has 5 nitrogen and oxygen atoms in total. The summed E-state index contributed by atoms with van der Waals surface area (Å²) in [5, 5.41) is 12.7. The van der Waals surface area contributed by atoms with Crippen molar-refractivity contribution in [2.75, 3.05) is 0 Å². The smallest absolute Gasteiger partial charge is 0.184 e.